The van der Waals surface area contributed by atoms with Gasteiger partial charge in [0.25, 0.3) is 0 Å². The van der Waals surface area contributed by atoms with Crippen LogP contribution in [0.2, 0.25) is 0 Å². The molecular formula is C20H16F3N5O2S. The Balaban J connectivity index is 1.68. The second-order valence-corrected chi connectivity index (χ2v) is 7.34. The molecule has 11 heteroatoms. The fourth-order valence-electron chi connectivity index (χ4n) is 2.72. The van der Waals surface area contributed by atoms with Gasteiger partial charge in [0.05, 0.1) is 31.0 Å². The van der Waals surface area contributed by atoms with E-state index < -0.39 is 11.9 Å². The molecule has 160 valence electrons. The van der Waals surface area contributed by atoms with Crippen LogP contribution >= 0.6 is 11.3 Å². The maximum Gasteiger partial charge on any atom is 0.434 e. The van der Waals surface area contributed by atoms with Gasteiger partial charge in [0.1, 0.15) is 12.4 Å². The van der Waals surface area contributed by atoms with Crippen molar-refractivity contribution in [3.05, 3.63) is 59.5 Å². The summed E-state index contributed by atoms with van der Waals surface area (Å²) in [6.07, 6.45) is -1.34. The minimum atomic E-state index is -4.54. The first kappa shape index (κ1) is 20.8. The molecule has 0 amide bonds. The zero-order valence-electron chi connectivity index (χ0n) is 16.4. The third-order valence-corrected chi connectivity index (χ3v) is 5.15. The van der Waals surface area contributed by atoms with Crippen molar-refractivity contribution in [1.29, 1.82) is 0 Å². The number of hydrogen-bond donors (Lipinski definition) is 0. The van der Waals surface area contributed by atoms with Crippen LogP contribution in [0, 0.1) is 0 Å². The van der Waals surface area contributed by atoms with Gasteiger partial charge in [0.15, 0.2) is 16.5 Å². The fraction of sp³-hybridized carbons (Fsp3) is 0.200. The molecule has 3 aromatic heterocycles. The Morgan fingerprint density at radius 1 is 1.10 bits per heavy atom. The van der Waals surface area contributed by atoms with Crippen LogP contribution in [0.25, 0.3) is 22.2 Å². The molecule has 0 aliphatic carbocycles. The molecule has 0 saturated heterocycles. The topological polar surface area (TPSA) is 75.0 Å². The van der Waals surface area contributed by atoms with Crippen molar-refractivity contribution in [2.45, 2.75) is 12.8 Å². The van der Waals surface area contributed by atoms with Crippen molar-refractivity contribution in [2.75, 3.05) is 7.11 Å². The van der Waals surface area contributed by atoms with Crippen molar-refractivity contribution in [3.63, 3.8) is 0 Å². The summed E-state index contributed by atoms with van der Waals surface area (Å²) < 4.78 is 51.6. The average molecular weight is 447 g/mol. The van der Waals surface area contributed by atoms with Crippen LogP contribution in [0.5, 0.6) is 11.6 Å². The quantitative estimate of drug-likeness (QED) is 0.430. The van der Waals surface area contributed by atoms with E-state index in [9.17, 15) is 13.2 Å². The summed E-state index contributed by atoms with van der Waals surface area (Å²) in [6, 6.07) is 8.92. The van der Waals surface area contributed by atoms with Crippen LogP contribution in [-0.4, -0.2) is 31.6 Å². The Morgan fingerprint density at radius 2 is 1.87 bits per heavy atom. The van der Waals surface area contributed by atoms with Crippen molar-refractivity contribution in [2.24, 2.45) is 7.05 Å². The van der Waals surface area contributed by atoms with Crippen LogP contribution in [0.15, 0.2) is 48.2 Å². The van der Waals surface area contributed by atoms with Crippen molar-refractivity contribution >= 4 is 11.3 Å². The second-order valence-electron chi connectivity index (χ2n) is 6.48. The molecule has 7 nitrogen and oxygen atoms in total. The Bertz CT molecular complexity index is 1190. The molecule has 0 fully saturated rings. The number of halogens is 3. The molecule has 0 N–H and O–H groups in total. The highest BCUT2D eigenvalue weighted by Crippen LogP contribution is 2.34. The molecule has 4 aromatic rings. The van der Waals surface area contributed by atoms with Gasteiger partial charge >= 0.3 is 6.18 Å². The molecule has 4 rings (SSSR count). The molecule has 1 aromatic carbocycles. The lowest BCUT2D eigenvalue weighted by Crippen LogP contribution is -2.05. The SMILES string of the molecule is COc1ccc(COc2cc(-c3cncn3C)nc(-c3nc(C(F)(F)F)cs3)n2)cc1. The third kappa shape index (κ3) is 4.66. The second kappa shape index (κ2) is 8.34. The first-order valence-corrected chi connectivity index (χ1v) is 9.86. The Kier molecular flexibility index (Phi) is 5.59. The third-order valence-electron chi connectivity index (χ3n) is 4.31. The van der Waals surface area contributed by atoms with Gasteiger partial charge in [-0.25, -0.2) is 15.0 Å². The van der Waals surface area contributed by atoms with Crippen molar-refractivity contribution in [1.82, 2.24) is 24.5 Å². The standard InChI is InChI=1S/C20H16F3N5O2S/c1-28-11-24-8-15(28)14-7-17(30-9-12-3-5-13(29-2)6-4-12)27-18(25-14)19-26-16(10-31-19)20(21,22)23/h3-8,10-11H,9H2,1-2H3. The number of hydrogen-bond acceptors (Lipinski definition) is 7. The van der Waals surface area contributed by atoms with Crippen LogP contribution in [0.1, 0.15) is 11.3 Å². The summed E-state index contributed by atoms with van der Waals surface area (Å²) in [7, 11) is 3.36. The van der Waals surface area contributed by atoms with Gasteiger partial charge in [0.2, 0.25) is 5.88 Å². The molecule has 0 unspecified atom stereocenters. The number of rotatable bonds is 6. The van der Waals surface area contributed by atoms with E-state index in [2.05, 4.69) is 19.9 Å². The van der Waals surface area contributed by atoms with Gasteiger partial charge < -0.3 is 14.0 Å². The monoisotopic (exact) mass is 447 g/mol. The van der Waals surface area contributed by atoms with Crippen LogP contribution in [-0.2, 0) is 19.8 Å². The largest absolute Gasteiger partial charge is 0.497 e. The molecule has 0 bridgehead atoms. The van der Waals surface area contributed by atoms with Gasteiger partial charge in [-0.15, -0.1) is 11.3 Å². The minimum Gasteiger partial charge on any atom is -0.497 e. The molecule has 0 saturated carbocycles. The Hall–Kier alpha value is -3.47. The molecule has 3 heterocycles. The van der Waals surface area contributed by atoms with E-state index in [1.165, 1.54) is 0 Å². The molecule has 31 heavy (non-hydrogen) atoms. The van der Waals surface area contributed by atoms with E-state index >= 15 is 0 Å². The van der Waals surface area contributed by atoms with Crippen molar-refractivity contribution < 1.29 is 22.6 Å². The smallest absolute Gasteiger partial charge is 0.434 e. The summed E-state index contributed by atoms with van der Waals surface area (Å²) in [5.41, 5.74) is 1.00. The number of methoxy groups -OCH3 is 1. The first-order chi connectivity index (χ1) is 14.8. The maximum atomic E-state index is 13.0. The van der Waals surface area contributed by atoms with E-state index in [1.807, 2.05) is 12.1 Å². The maximum absolute atomic E-state index is 13.0. The number of imidazole rings is 1. The lowest BCUT2D eigenvalue weighted by atomic mass is 10.2. The number of alkyl halides is 3. The molecule has 0 aliphatic rings. The summed E-state index contributed by atoms with van der Waals surface area (Å²) in [4.78, 5) is 16.4. The van der Waals surface area contributed by atoms with E-state index in [0.717, 1.165) is 28.0 Å². The van der Waals surface area contributed by atoms with Gasteiger partial charge in [0, 0.05) is 18.5 Å². The van der Waals surface area contributed by atoms with Crippen molar-refractivity contribution in [3.8, 4) is 33.8 Å². The summed E-state index contributed by atoms with van der Waals surface area (Å²) in [6.45, 7) is 0.205. The zero-order valence-corrected chi connectivity index (χ0v) is 17.2. The number of ether oxygens (including phenoxy) is 2. The average Bonchev–Trinajstić information content (AvgIpc) is 3.42. The molecule has 0 spiro atoms. The van der Waals surface area contributed by atoms with Gasteiger partial charge in [-0.05, 0) is 17.7 Å². The van der Waals surface area contributed by atoms with Gasteiger partial charge in [-0.2, -0.15) is 18.2 Å². The fourth-order valence-corrected chi connectivity index (χ4v) is 3.47. The predicted molar refractivity (Wildman–Crippen MR) is 108 cm³/mol. The summed E-state index contributed by atoms with van der Waals surface area (Å²) in [5, 5.41) is 0.985. The number of aromatic nitrogens is 5. The van der Waals surface area contributed by atoms with E-state index in [4.69, 9.17) is 9.47 Å². The zero-order chi connectivity index (χ0) is 22.0. The highest BCUT2D eigenvalue weighted by atomic mass is 32.1. The van der Waals surface area contributed by atoms with Gasteiger partial charge in [-0.1, -0.05) is 12.1 Å². The van der Waals surface area contributed by atoms with E-state index in [-0.39, 0.29) is 23.3 Å². The molecular weight excluding hydrogens is 431 g/mol. The van der Waals surface area contributed by atoms with Crippen LogP contribution in [0.3, 0.4) is 0 Å². The normalized spacial score (nSPS) is 11.5. The Labute approximate surface area is 179 Å². The highest BCUT2D eigenvalue weighted by Gasteiger charge is 2.34. The number of nitrogens with zero attached hydrogens (tertiary/aromatic N) is 5. The van der Waals surface area contributed by atoms with Crippen LogP contribution < -0.4 is 9.47 Å². The van der Waals surface area contributed by atoms with Gasteiger partial charge in [-0.3, -0.25) is 0 Å². The summed E-state index contributed by atoms with van der Waals surface area (Å²) in [5.74, 6) is 0.973. The Morgan fingerprint density at radius 3 is 2.48 bits per heavy atom. The molecule has 0 aliphatic heterocycles. The van der Waals surface area contributed by atoms with Crippen LogP contribution in [0.4, 0.5) is 13.2 Å². The number of thiazole rings is 1. The summed E-state index contributed by atoms with van der Waals surface area (Å²) >= 11 is 0.819. The number of aryl methyl sites for hydroxylation is 1. The minimum absolute atomic E-state index is 0.0453. The highest BCUT2D eigenvalue weighted by molar-refractivity contribution is 7.13. The number of benzene rings is 1. The predicted octanol–water partition coefficient (Wildman–Crippen LogP) is 4.61. The lowest BCUT2D eigenvalue weighted by Gasteiger charge is -2.10. The van der Waals surface area contributed by atoms with E-state index in [1.54, 1.807) is 49.4 Å². The van der Waals surface area contributed by atoms with E-state index in [0.29, 0.717) is 11.4 Å². The molecule has 0 radical (unpaired) electrons. The lowest BCUT2D eigenvalue weighted by molar-refractivity contribution is -0.140. The molecule has 0 atom stereocenters. The first-order valence-electron chi connectivity index (χ1n) is 8.98.